The SMILES string of the molecule is Cc1cccc2c(OC(=O)N(CCCNC(N)=O)CCN(C)C(=O)OCc3ccc(NC(=O)[C@H](CCCNC(N)=O)NC(=O)[C@@H](NC(=O)OCCOCCN4C(=O)C=CC4=O)C(C)C)cc3)cc3c(c12)[C@H](CCl)CN3C(=O)c1cc2cc(NC(=O)c3ccc(O)cc3)ncc2[nH]1. The summed E-state index contributed by atoms with van der Waals surface area (Å²) in [6, 6.07) is 18.6. The molecule has 3 atom stereocenters. The van der Waals surface area contributed by atoms with Crippen LogP contribution >= 0.6 is 11.6 Å². The Morgan fingerprint density at radius 1 is 0.802 bits per heavy atom. The highest BCUT2D eigenvalue weighted by molar-refractivity contribution is 6.20. The van der Waals surface area contributed by atoms with Gasteiger partial charge in [0.25, 0.3) is 23.6 Å². The van der Waals surface area contributed by atoms with Crippen LogP contribution in [0.15, 0.2) is 103 Å². The largest absolute Gasteiger partial charge is 0.508 e. The predicted molar refractivity (Wildman–Crippen MR) is 352 cm³/mol. The molecule has 0 saturated heterocycles. The Labute approximate surface area is 555 Å². The van der Waals surface area contributed by atoms with Gasteiger partial charge in [0.2, 0.25) is 11.8 Å². The number of alkyl carbamates (subject to hydrolysis) is 1. The molecule has 0 unspecified atom stereocenters. The fourth-order valence-corrected chi connectivity index (χ4v) is 10.8. The van der Waals surface area contributed by atoms with E-state index in [4.69, 9.17) is 42.0 Å². The van der Waals surface area contributed by atoms with Gasteiger partial charge in [-0.3, -0.25) is 33.7 Å². The Kier molecular flexibility index (Phi) is 24.5. The average molecular weight is 1340 g/mol. The number of amides is 13. The van der Waals surface area contributed by atoms with Gasteiger partial charge in [-0.1, -0.05) is 44.2 Å². The number of aromatic amines is 1. The Morgan fingerprint density at radius 2 is 1.51 bits per heavy atom. The number of hydrogen-bond acceptors (Lipinski definition) is 17. The average Bonchev–Trinajstić information content (AvgIpc) is 1.54. The van der Waals surface area contributed by atoms with Crippen molar-refractivity contribution in [1.82, 2.24) is 45.9 Å². The van der Waals surface area contributed by atoms with E-state index in [-0.39, 0.29) is 126 Å². The van der Waals surface area contributed by atoms with Crippen molar-refractivity contribution in [3.63, 3.8) is 0 Å². The molecule has 30 nitrogen and oxygen atoms in total. The van der Waals surface area contributed by atoms with Crippen molar-refractivity contribution in [3.8, 4) is 11.5 Å². The first-order valence-corrected chi connectivity index (χ1v) is 31.2. The van der Waals surface area contributed by atoms with E-state index < -0.39 is 83.8 Å². The minimum atomic E-state index is -1.17. The van der Waals surface area contributed by atoms with Crippen molar-refractivity contribution < 1.29 is 76.8 Å². The summed E-state index contributed by atoms with van der Waals surface area (Å²) in [7, 11) is 1.48. The van der Waals surface area contributed by atoms with Gasteiger partial charge in [-0.25, -0.2) is 29.0 Å². The van der Waals surface area contributed by atoms with Gasteiger partial charge >= 0.3 is 30.3 Å². The van der Waals surface area contributed by atoms with E-state index in [2.05, 4.69) is 41.9 Å². The number of imide groups is 1. The van der Waals surface area contributed by atoms with E-state index in [0.29, 0.717) is 38.8 Å². The number of aromatic hydroxyl groups is 1. The van der Waals surface area contributed by atoms with Gasteiger partial charge in [0.05, 0.1) is 37.2 Å². The highest BCUT2D eigenvalue weighted by atomic mass is 35.5. The molecule has 0 aliphatic carbocycles. The number of pyridine rings is 1. The lowest BCUT2D eigenvalue weighted by atomic mass is 9.92. The number of fused-ring (bicyclic) bond motifs is 4. The first kappa shape index (κ1) is 70.9. The molecule has 0 radical (unpaired) electrons. The monoisotopic (exact) mass is 1340 g/mol. The number of nitrogens with one attached hydrogen (secondary N) is 7. The Bertz CT molecular complexity index is 3900. The number of carbonyl (C=O) groups is 11. The summed E-state index contributed by atoms with van der Waals surface area (Å²) in [6.07, 6.45) is 1.80. The summed E-state index contributed by atoms with van der Waals surface area (Å²) in [6.45, 7) is 5.10. The van der Waals surface area contributed by atoms with Crippen LogP contribution in [-0.4, -0.2) is 186 Å². The molecule has 2 aromatic heterocycles. The summed E-state index contributed by atoms with van der Waals surface area (Å²) in [5.41, 5.74) is 14.5. The number of aromatic nitrogens is 2. The second kappa shape index (κ2) is 33.2. The van der Waals surface area contributed by atoms with E-state index in [0.717, 1.165) is 33.6 Å². The van der Waals surface area contributed by atoms with E-state index >= 15 is 0 Å². The number of phenols is 1. The lowest BCUT2D eigenvalue weighted by molar-refractivity contribution is -0.137. The minimum absolute atomic E-state index is 0.00534. The van der Waals surface area contributed by atoms with Crippen molar-refractivity contribution in [2.24, 2.45) is 17.4 Å². The molecule has 2 aliphatic rings. The molecule has 31 heteroatoms. The maximum Gasteiger partial charge on any atom is 0.415 e. The highest BCUT2D eigenvalue weighted by Gasteiger charge is 2.37. The van der Waals surface area contributed by atoms with Crippen LogP contribution in [0.3, 0.4) is 0 Å². The summed E-state index contributed by atoms with van der Waals surface area (Å²) in [4.78, 5) is 155. The minimum Gasteiger partial charge on any atom is -0.508 e. The second-order valence-corrected chi connectivity index (χ2v) is 23.2. The van der Waals surface area contributed by atoms with Gasteiger partial charge in [-0.05, 0) is 103 Å². The third-order valence-corrected chi connectivity index (χ3v) is 16.0. The van der Waals surface area contributed by atoms with Crippen LogP contribution in [0.5, 0.6) is 11.5 Å². The molecule has 8 rings (SSSR count). The molecule has 0 fully saturated rings. The molecular weight excluding hydrogens is 1270 g/mol. The van der Waals surface area contributed by atoms with Gasteiger partial charge < -0.3 is 87.1 Å². The zero-order valence-corrected chi connectivity index (χ0v) is 53.8. The first-order valence-electron chi connectivity index (χ1n) is 30.7. The van der Waals surface area contributed by atoms with Crippen LogP contribution in [0.2, 0.25) is 0 Å². The smallest absolute Gasteiger partial charge is 0.415 e. The van der Waals surface area contributed by atoms with Gasteiger partial charge in [-0.2, -0.15) is 0 Å². The van der Waals surface area contributed by atoms with E-state index in [1.54, 1.807) is 67.3 Å². The lowest BCUT2D eigenvalue weighted by Gasteiger charge is -2.26. The number of rotatable bonds is 30. The number of carbonyl (C=O) groups excluding carboxylic acids is 11. The van der Waals surface area contributed by atoms with Crippen molar-refractivity contribution in [2.45, 2.75) is 64.6 Å². The predicted octanol–water partition coefficient (Wildman–Crippen LogP) is 5.66. The van der Waals surface area contributed by atoms with E-state index in [1.807, 2.05) is 19.1 Å². The number of aryl methyl sites for hydroxylation is 1. The number of hydrogen-bond donors (Lipinski definition) is 10. The Morgan fingerprint density at radius 3 is 2.20 bits per heavy atom. The molecule has 12 N–H and O–H groups in total. The normalized spacial score (nSPS) is 13.8. The maximum atomic E-state index is 14.6. The quantitative estimate of drug-likeness (QED) is 0.0148. The van der Waals surface area contributed by atoms with Crippen molar-refractivity contribution >= 4 is 116 Å². The molecule has 13 amide bonds. The van der Waals surface area contributed by atoms with Gasteiger partial charge in [-0.15, -0.1) is 11.6 Å². The maximum absolute atomic E-state index is 14.6. The number of nitrogens with zero attached hydrogens (tertiary/aromatic N) is 5. The third-order valence-electron chi connectivity index (χ3n) is 15.6. The van der Waals surface area contributed by atoms with E-state index in [9.17, 15) is 57.8 Å². The van der Waals surface area contributed by atoms with Gasteiger partial charge in [0.1, 0.15) is 48.3 Å². The fraction of sp³-hybridized carbons (Fsp3) is 0.354. The van der Waals surface area contributed by atoms with Crippen LogP contribution < -0.4 is 53.0 Å². The molecule has 0 bridgehead atoms. The number of benzene rings is 4. The fourth-order valence-electron chi connectivity index (χ4n) is 10.6. The number of halogens is 1. The van der Waals surface area contributed by atoms with Crippen LogP contribution in [0, 0.1) is 12.8 Å². The number of ether oxygens (including phenoxy) is 4. The van der Waals surface area contributed by atoms with Gasteiger partial charge in [0.15, 0.2) is 0 Å². The Balaban J connectivity index is 0.875. The lowest BCUT2D eigenvalue weighted by Crippen LogP contribution is -2.54. The van der Waals surface area contributed by atoms with Crippen LogP contribution in [0.25, 0.3) is 21.7 Å². The zero-order chi connectivity index (χ0) is 69.2. The third kappa shape index (κ3) is 18.9. The van der Waals surface area contributed by atoms with Crippen molar-refractivity contribution in [1.29, 1.82) is 0 Å². The molecule has 4 aromatic carbocycles. The topological polar surface area (TPSA) is 411 Å². The number of alkyl halides is 1. The summed E-state index contributed by atoms with van der Waals surface area (Å²) in [5.74, 6) is -3.39. The Hall–Kier alpha value is -11.0. The standard InChI is InChI=1S/C65H75ClN14O16/c1-37(2)56(76-63(90)94-29-28-93-27-26-79-52(82)19-20-53(79)83)59(86)74-46(10-6-21-69-61(67)88)58(85)72-43-15-11-39(12-16-43)36-95-64(91)77(4)24-25-78(23-7-22-70-62(68)89)65(92)96-50-32-49-55(54-38(3)8-5-9-45(50)54)42(33-66)35-80(49)60(87)47-30-41-31-51(71-34-48(41)73-47)75-57(84)40-13-17-44(81)18-14-40/h5,8-9,11-20,30-32,34,37,42,46,56,73,81H,6-7,10,21-29,33,35-36H2,1-4H3,(H,72,85)(H,74,86)(H,76,90)(H3,67,69,88)(H3,68,70,89)(H,71,75,84)/t42-,46+,56+/m1/s1. The molecule has 2 aliphatic heterocycles. The van der Waals surface area contributed by atoms with Gasteiger partial charge in [0, 0.05) is 98.4 Å². The molecule has 6 aromatic rings. The molecule has 96 heavy (non-hydrogen) atoms. The number of H-pyrrole nitrogens is 1. The molecule has 508 valence electrons. The summed E-state index contributed by atoms with van der Waals surface area (Å²) < 4.78 is 22.4. The second-order valence-electron chi connectivity index (χ2n) is 22.8. The van der Waals surface area contributed by atoms with Crippen molar-refractivity contribution in [3.05, 3.63) is 131 Å². The van der Waals surface area contributed by atoms with Crippen LogP contribution in [-0.2, 0) is 40.0 Å². The first-order chi connectivity index (χ1) is 46.0. The molecule has 0 saturated carbocycles. The van der Waals surface area contributed by atoms with E-state index in [1.165, 1.54) is 47.3 Å². The molecular formula is C65H75ClN14O16. The highest BCUT2D eigenvalue weighted by Crippen LogP contribution is 2.47. The number of anilines is 3. The van der Waals surface area contributed by atoms with Crippen LogP contribution in [0.1, 0.15) is 76.6 Å². The number of urea groups is 2. The number of nitrogens with two attached hydrogens (primary N) is 2. The number of likely N-dealkylation sites (N-methyl/N-ethyl adjacent to an activating group) is 1. The van der Waals surface area contributed by atoms with Crippen LogP contribution in [0.4, 0.5) is 41.2 Å². The van der Waals surface area contributed by atoms with Crippen molar-refractivity contribution in [2.75, 3.05) is 94.1 Å². The number of primary amides is 2. The summed E-state index contributed by atoms with van der Waals surface area (Å²) >= 11 is 6.65. The summed E-state index contributed by atoms with van der Waals surface area (Å²) in [5, 5.41) is 27.2. The number of phenolic OH excluding ortho intramolecular Hbond substituents is 1. The zero-order valence-electron chi connectivity index (χ0n) is 53.1. The molecule has 4 heterocycles. The molecule has 0 spiro atoms.